The number of urea groups is 1. The van der Waals surface area contributed by atoms with Gasteiger partial charge in [-0.05, 0) is 20.8 Å². The number of rotatable bonds is 4. The predicted octanol–water partition coefficient (Wildman–Crippen LogP) is 0.733. The average molecular weight is 334 g/mol. The van der Waals surface area contributed by atoms with Gasteiger partial charge in [0.25, 0.3) is 5.91 Å². The van der Waals surface area contributed by atoms with Crippen molar-refractivity contribution in [3.8, 4) is 0 Å². The van der Waals surface area contributed by atoms with E-state index in [0.717, 1.165) is 15.7 Å². The first kappa shape index (κ1) is 15.5. The van der Waals surface area contributed by atoms with Crippen LogP contribution in [-0.4, -0.2) is 39.1 Å². The van der Waals surface area contributed by atoms with E-state index in [2.05, 4.69) is 26.0 Å². The molecule has 2 aromatic rings. The molecule has 0 spiro atoms. The number of hydrogen-bond donors (Lipinski definition) is 3. The molecule has 3 rings (SSSR count). The van der Waals surface area contributed by atoms with E-state index < -0.39 is 0 Å². The number of hydrogen-bond acceptors (Lipinski definition) is 5. The first-order valence-electron chi connectivity index (χ1n) is 7.32. The van der Waals surface area contributed by atoms with Gasteiger partial charge in [-0.15, -0.1) is 0 Å². The molecular formula is C14H18N6O2S. The third-order valence-electron chi connectivity index (χ3n) is 3.59. The van der Waals surface area contributed by atoms with Crippen molar-refractivity contribution in [2.75, 3.05) is 6.54 Å². The number of aryl methyl sites for hydroxylation is 1. The summed E-state index contributed by atoms with van der Waals surface area (Å²) in [4.78, 5) is 28.9. The summed E-state index contributed by atoms with van der Waals surface area (Å²) >= 11 is 1.53. The zero-order chi connectivity index (χ0) is 16.6. The number of carbonyl (C=O) groups excluding carboxylic acids is 2. The lowest BCUT2D eigenvalue weighted by Gasteiger charge is -2.25. The predicted molar refractivity (Wildman–Crippen MR) is 86.1 cm³/mol. The van der Waals surface area contributed by atoms with E-state index in [1.165, 1.54) is 11.3 Å². The highest BCUT2D eigenvalue weighted by Crippen LogP contribution is 2.14. The van der Waals surface area contributed by atoms with Gasteiger partial charge in [0.2, 0.25) is 4.96 Å². The highest BCUT2D eigenvalue weighted by molar-refractivity contribution is 7.16. The van der Waals surface area contributed by atoms with Crippen LogP contribution in [0.4, 0.5) is 4.79 Å². The molecule has 3 amide bonds. The molecule has 23 heavy (non-hydrogen) atoms. The Morgan fingerprint density at radius 1 is 1.48 bits per heavy atom. The fraction of sp³-hybridized carbons (Fsp3) is 0.429. The lowest BCUT2D eigenvalue weighted by Crippen LogP contribution is -2.50. The number of allylic oxidation sites excluding steroid dienone is 1. The fourth-order valence-corrected chi connectivity index (χ4v) is 3.34. The highest BCUT2D eigenvalue weighted by atomic mass is 32.1. The summed E-state index contributed by atoms with van der Waals surface area (Å²) in [5, 5.41) is 13.4. The summed E-state index contributed by atoms with van der Waals surface area (Å²) in [7, 11) is 0. The molecule has 3 heterocycles. The van der Waals surface area contributed by atoms with Crippen LogP contribution in [0.5, 0.6) is 0 Å². The maximum absolute atomic E-state index is 12.3. The van der Waals surface area contributed by atoms with Crippen LogP contribution in [0.15, 0.2) is 17.5 Å². The zero-order valence-electron chi connectivity index (χ0n) is 13.1. The lowest BCUT2D eigenvalue weighted by atomic mass is 10.0. The molecule has 3 N–H and O–H groups in total. The molecule has 1 atom stereocenters. The van der Waals surface area contributed by atoms with Crippen molar-refractivity contribution in [2.45, 2.75) is 33.2 Å². The quantitative estimate of drug-likeness (QED) is 0.767. The first-order chi connectivity index (χ1) is 10.9. The van der Waals surface area contributed by atoms with Gasteiger partial charge < -0.3 is 16.0 Å². The van der Waals surface area contributed by atoms with Crippen molar-refractivity contribution in [1.29, 1.82) is 0 Å². The summed E-state index contributed by atoms with van der Waals surface area (Å²) in [6, 6.07) is -0.596. The van der Waals surface area contributed by atoms with Gasteiger partial charge in [-0.1, -0.05) is 11.3 Å². The molecule has 0 aliphatic carbocycles. The Morgan fingerprint density at radius 3 is 2.96 bits per heavy atom. The van der Waals surface area contributed by atoms with Crippen molar-refractivity contribution in [2.24, 2.45) is 0 Å². The summed E-state index contributed by atoms with van der Waals surface area (Å²) in [5.41, 5.74) is 2.02. The van der Waals surface area contributed by atoms with Crippen molar-refractivity contribution in [1.82, 2.24) is 30.5 Å². The highest BCUT2D eigenvalue weighted by Gasteiger charge is 2.26. The Bertz CT molecular complexity index is 774. The van der Waals surface area contributed by atoms with E-state index >= 15 is 0 Å². The summed E-state index contributed by atoms with van der Waals surface area (Å²) in [5.74, 6) is -0.183. The molecule has 9 heteroatoms. The normalized spacial score (nSPS) is 18.0. The van der Waals surface area contributed by atoms with Crippen LogP contribution in [0, 0.1) is 6.92 Å². The van der Waals surface area contributed by atoms with Crippen molar-refractivity contribution in [3.05, 3.63) is 28.2 Å². The third-order valence-corrected chi connectivity index (χ3v) is 4.43. The average Bonchev–Trinajstić information content (AvgIpc) is 2.94. The van der Waals surface area contributed by atoms with Crippen LogP contribution in [0.3, 0.4) is 0 Å². The third kappa shape index (κ3) is 3.19. The number of carbonyl (C=O) groups is 2. The molecular weight excluding hydrogens is 316 g/mol. The molecule has 2 aromatic heterocycles. The largest absolute Gasteiger partial charge is 0.352 e. The molecule has 122 valence electrons. The minimum atomic E-state index is -0.311. The molecule has 0 fully saturated rings. The molecule has 0 bridgehead atoms. The second-order valence-electron chi connectivity index (χ2n) is 5.45. The van der Waals surface area contributed by atoms with E-state index in [1.54, 1.807) is 18.4 Å². The monoisotopic (exact) mass is 334 g/mol. The van der Waals surface area contributed by atoms with Crippen molar-refractivity contribution in [3.63, 3.8) is 0 Å². The second kappa shape index (κ2) is 5.99. The maximum Gasteiger partial charge on any atom is 0.319 e. The first-order valence-corrected chi connectivity index (χ1v) is 8.14. The molecule has 8 nitrogen and oxygen atoms in total. The van der Waals surface area contributed by atoms with E-state index in [0.29, 0.717) is 24.2 Å². The lowest BCUT2D eigenvalue weighted by molar-refractivity contribution is -0.117. The Balaban J connectivity index is 1.59. The molecule has 1 unspecified atom stereocenters. The molecule has 0 radical (unpaired) electrons. The van der Waals surface area contributed by atoms with Crippen molar-refractivity contribution >= 4 is 28.2 Å². The number of imidazole rings is 1. The number of nitrogens with one attached hydrogen (secondary N) is 3. The van der Waals surface area contributed by atoms with Crippen LogP contribution in [0.25, 0.3) is 4.96 Å². The summed E-state index contributed by atoms with van der Waals surface area (Å²) in [6.45, 7) is 5.92. The van der Waals surface area contributed by atoms with Gasteiger partial charge >= 0.3 is 6.03 Å². The van der Waals surface area contributed by atoms with Crippen molar-refractivity contribution < 1.29 is 9.59 Å². The van der Waals surface area contributed by atoms with Crippen LogP contribution in [-0.2, 0) is 11.2 Å². The Hall–Kier alpha value is -2.42. The Morgan fingerprint density at radius 2 is 2.26 bits per heavy atom. The minimum Gasteiger partial charge on any atom is -0.352 e. The smallest absolute Gasteiger partial charge is 0.319 e. The van der Waals surface area contributed by atoms with Gasteiger partial charge in [-0.2, -0.15) is 5.10 Å². The van der Waals surface area contributed by atoms with Gasteiger partial charge in [0.05, 0.1) is 23.5 Å². The zero-order valence-corrected chi connectivity index (χ0v) is 14.0. The Labute approximate surface area is 137 Å². The van der Waals surface area contributed by atoms with Gasteiger partial charge in [0.15, 0.2) is 0 Å². The number of aromatic nitrogens is 3. The number of fused-ring (bicyclic) bond motifs is 1. The standard InChI is InChI=1S/C14H18N6O2S/c1-7-11(8(2)17-13(22)16-7)12(21)15-5-4-10-6-20-14(18-10)23-9(3)19-20/h6-7H,4-5H2,1-3H3,(H,15,21)(H2,16,17,22). The molecule has 1 aliphatic rings. The minimum absolute atomic E-state index is 0.183. The van der Waals surface area contributed by atoms with Gasteiger partial charge in [-0.25, -0.2) is 14.3 Å². The SMILES string of the molecule is CC1=C(C(=O)NCCc2cn3nc(C)sc3n2)C(C)NC(=O)N1. The number of amides is 3. The fourth-order valence-electron chi connectivity index (χ4n) is 2.60. The van der Waals surface area contributed by atoms with Crippen LogP contribution in [0.2, 0.25) is 0 Å². The van der Waals surface area contributed by atoms with E-state index in [-0.39, 0.29) is 18.0 Å². The maximum atomic E-state index is 12.3. The topological polar surface area (TPSA) is 100 Å². The number of nitrogens with zero attached hydrogens (tertiary/aromatic N) is 3. The van der Waals surface area contributed by atoms with E-state index in [1.807, 2.05) is 13.1 Å². The van der Waals surface area contributed by atoms with E-state index in [9.17, 15) is 9.59 Å². The molecule has 0 saturated heterocycles. The van der Waals surface area contributed by atoms with Gasteiger partial charge in [0.1, 0.15) is 5.01 Å². The molecule has 1 aliphatic heterocycles. The summed E-state index contributed by atoms with van der Waals surface area (Å²) < 4.78 is 1.76. The molecule has 0 aromatic carbocycles. The van der Waals surface area contributed by atoms with Crippen LogP contribution in [0.1, 0.15) is 24.5 Å². The van der Waals surface area contributed by atoms with Crippen LogP contribution >= 0.6 is 11.3 Å². The molecule has 0 saturated carbocycles. The van der Waals surface area contributed by atoms with Gasteiger partial charge in [-0.3, -0.25) is 4.79 Å². The second-order valence-corrected chi connectivity index (χ2v) is 6.61. The van der Waals surface area contributed by atoms with Gasteiger partial charge in [0, 0.05) is 18.7 Å². The van der Waals surface area contributed by atoms with E-state index in [4.69, 9.17) is 0 Å². The van der Waals surface area contributed by atoms with Crippen LogP contribution < -0.4 is 16.0 Å². The Kier molecular flexibility index (Phi) is 4.03. The summed E-state index contributed by atoms with van der Waals surface area (Å²) in [6.07, 6.45) is 2.50.